The van der Waals surface area contributed by atoms with Crippen LogP contribution in [0.3, 0.4) is 0 Å². The summed E-state index contributed by atoms with van der Waals surface area (Å²) in [6.07, 6.45) is 1.81. The molecule has 98 valence electrons. The van der Waals surface area contributed by atoms with E-state index in [4.69, 9.17) is 5.26 Å². The molecule has 0 N–H and O–H groups in total. The molecule has 0 unspecified atom stereocenters. The van der Waals surface area contributed by atoms with Gasteiger partial charge in [0.1, 0.15) is 11.4 Å². The maximum absolute atomic E-state index is 9.15. The van der Waals surface area contributed by atoms with E-state index in [-0.39, 0.29) is 5.54 Å². The molecular formula is C12H20N6. The molecule has 0 bridgehead atoms. The summed E-state index contributed by atoms with van der Waals surface area (Å²) in [5, 5.41) is 17.2. The van der Waals surface area contributed by atoms with E-state index in [1.807, 2.05) is 24.7 Å². The molecule has 6 heteroatoms. The Morgan fingerprint density at radius 1 is 1.33 bits per heavy atom. The lowest BCUT2D eigenvalue weighted by Gasteiger charge is -2.41. The van der Waals surface area contributed by atoms with Crippen molar-refractivity contribution in [1.82, 2.24) is 19.9 Å². The smallest absolute Gasteiger partial charge is 0.147 e. The Labute approximate surface area is 108 Å². The van der Waals surface area contributed by atoms with Crippen LogP contribution < -0.4 is 4.90 Å². The molecule has 0 radical (unpaired) electrons. The summed E-state index contributed by atoms with van der Waals surface area (Å²) in [7, 11) is 0. The molecule has 0 amide bonds. The monoisotopic (exact) mass is 248 g/mol. The third kappa shape index (κ3) is 2.31. The molecule has 0 aliphatic carbocycles. The summed E-state index contributed by atoms with van der Waals surface area (Å²) in [5.41, 5.74) is -0.380. The Kier molecular flexibility index (Phi) is 3.53. The number of hydrogen-bond donors (Lipinski definition) is 0. The molecule has 0 atom stereocenters. The highest BCUT2D eigenvalue weighted by molar-refractivity contribution is 5.36. The van der Waals surface area contributed by atoms with E-state index in [2.05, 4.69) is 33.1 Å². The molecule has 0 aromatic carbocycles. The second kappa shape index (κ2) is 4.94. The SMILES string of the molecule is CCn1nncc1N1CCN(C(C)(C)C#N)CC1. The molecular weight excluding hydrogens is 228 g/mol. The van der Waals surface area contributed by atoms with Crippen molar-refractivity contribution < 1.29 is 0 Å². The highest BCUT2D eigenvalue weighted by atomic mass is 15.5. The average Bonchev–Trinajstić information content (AvgIpc) is 2.87. The summed E-state index contributed by atoms with van der Waals surface area (Å²) in [6, 6.07) is 2.36. The molecule has 2 heterocycles. The second-order valence-corrected chi connectivity index (χ2v) is 5.05. The number of aromatic nitrogens is 3. The lowest BCUT2D eigenvalue weighted by Crippen LogP contribution is -2.54. The van der Waals surface area contributed by atoms with Crippen LogP contribution in [-0.2, 0) is 6.54 Å². The van der Waals surface area contributed by atoms with Gasteiger partial charge in [0.2, 0.25) is 0 Å². The van der Waals surface area contributed by atoms with Crippen molar-refractivity contribution >= 4 is 5.82 Å². The maximum Gasteiger partial charge on any atom is 0.147 e. The van der Waals surface area contributed by atoms with Crippen molar-refractivity contribution in [3.05, 3.63) is 6.20 Å². The Morgan fingerprint density at radius 2 is 2.00 bits per heavy atom. The fourth-order valence-corrected chi connectivity index (χ4v) is 2.29. The summed E-state index contributed by atoms with van der Waals surface area (Å²) < 4.78 is 1.91. The number of nitrogens with zero attached hydrogens (tertiary/aromatic N) is 6. The number of rotatable bonds is 3. The van der Waals surface area contributed by atoms with Gasteiger partial charge in [-0.05, 0) is 20.8 Å². The fourth-order valence-electron chi connectivity index (χ4n) is 2.29. The predicted octanol–water partition coefficient (Wildman–Crippen LogP) is 0.722. The average molecular weight is 248 g/mol. The van der Waals surface area contributed by atoms with E-state index >= 15 is 0 Å². The molecule has 1 fully saturated rings. The van der Waals surface area contributed by atoms with Crippen LogP contribution in [0.4, 0.5) is 5.82 Å². The van der Waals surface area contributed by atoms with E-state index in [0.717, 1.165) is 38.5 Å². The minimum absolute atomic E-state index is 0.380. The van der Waals surface area contributed by atoms with Gasteiger partial charge in [0.25, 0.3) is 0 Å². The quantitative estimate of drug-likeness (QED) is 0.789. The van der Waals surface area contributed by atoms with E-state index in [1.165, 1.54) is 0 Å². The number of nitriles is 1. The summed E-state index contributed by atoms with van der Waals surface area (Å²) in [5.74, 6) is 1.08. The first-order chi connectivity index (χ1) is 8.58. The van der Waals surface area contributed by atoms with E-state index < -0.39 is 0 Å². The molecule has 0 spiro atoms. The van der Waals surface area contributed by atoms with Gasteiger partial charge in [-0.25, -0.2) is 4.68 Å². The van der Waals surface area contributed by atoms with Gasteiger partial charge in [-0.15, -0.1) is 5.10 Å². The molecule has 6 nitrogen and oxygen atoms in total. The first-order valence-corrected chi connectivity index (χ1v) is 6.38. The van der Waals surface area contributed by atoms with Crippen LogP contribution in [0.1, 0.15) is 20.8 Å². The van der Waals surface area contributed by atoms with Gasteiger partial charge in [0.05, 0.1) is 12.3 Å². The number of hydrogen-bond acceptors (Lipinski definition) is 5. The van der Waals surface area contributed by atoms with Crippen molar-refractivity contribution in [3.8, 4) is 6.07 Å². The third-order valence-corrected chi connectivity index (χ3v) is 3.56. The first-order valence-electron chi connectivity index (χ1n) is 6.38. The van der Waals surface area contributed by atoms with Gasteiger partial charge in [-0.1, -0.05) is 5.21 Å². The van der Waals surface area contributed by atoms with E-state index in [1.54, 1.807) is 0 Å². The van der Waals surface area contributed by atoms with Crippen LogP contribution in [0.25, 0.3) is 0 Å². The van der Waals surface area contributed by atoms with Gasteiger partial charge in [0.15, 0.2) is 0 Å². The minimum Gasteiger partial charge on any atom is -0.353 e. The zero-order valence-electron chi connectivity index (χ0n) is 11.3. The Morgan fingerprint density at radius 3 is 2.56 bits per heavy atom. The van der Waals surface area contributed by atoms with Crippen molar-refractivity contribution in [2.45, 2.75) is 32.9 Å². The zero-order valence-corrected chi connectivity index (χ0v) is 11.3. The molecule has 1 saturated heterocycles. The molecule has 18 heavy (non-hydrogen) atoms. The zero-order chi connectivity index (χ0) is 13.2. The van der Waals surface area contributed by atoms with Gasteiger partial charge in [-0.3, -0.25) is 4.90 Å². The second-order valence-electron chi connectivity index (χ2n) is 5.05. The topological polar surface area (TPSA) is 61.0 Å². The molecule has 1 aromatic rings. The minimum atomic E-state index is -0.380. The highest BCUT2D eigenvalue weighted by Gasteiger charge is 2.30. The van der Waals surface area contributed by atoms with Crippen molar-refractivity contribution in [2.75, 3.05) is 31.1 Å². The Hall–Kier alpha value is -1.61. The first kappa shape index (κ1) is 12.8. The molecule has 0 saturated carbocycles. The van der Waals surface area contributed by atoms with Crippen LogP contribution in [-0.4, -0.2) is 51.6 Å². The fraction of sp³-hybridized carbons (Fsp3) is 0.750. The highest BCUT2D eigenvalue weighted by Crippen LogP contribution is 2.19. The number of aryl methyl sites for hydroxylation is 1. The van der Waals surface area contributed by atoms with E-state index in [0.29, 0.717) is 0 Å². The van der Waals surface area contributed by atoms with Crippen molar-refractivity contribution in [1.29, 1.82) is 5.26 Å². The number of anilines is 1. The molecule has 1 aliphatic rings. The normalized spacial score (nSPS) is 17.8. The Bertz CT molecular complexity index is 436. The van der Waals surface area contributed by atoms with Crippen LogP contribution in [0.5, 0.6) is 0 Å². The van der Waals surface area contributed by atoms with Crippen molar-refractivity contribution in [3.63, 3.8) is 0 Å². The van der Waals surface area contributed by atoms with Crippen molar-refractivity contribution in [2.24, 2.45) is 0 Å². The standard InChI is InChI=1S/C12H20N6/c1-4-18-11(9-14-15-18)16-5-7-17(8-6-16)12(2,3)10-13/h9H,4-8H2,1-3H3. The third-order valence-electron chi connectivity index (χ3n) is 3.56. The predicted molar refractivity (Wildman–Crippen MR) is 69.2 cm³/mol. The van der Waals surface area contributed by atoms with Gasteiger partial charge >= 0.3 is 0 Å². The molecule has 2 rings (SSSR count). The summed E-state index contributed by atoms with van der Waals surface area (Å²) in [4.78, 5) is 4.51. The van der Waals surface area contributed by atoms with Gasteiger partial charge < -0.3 is 4.90 Å². The summed E-state index contributed by atoms with van der Waals surface area (Å²) >= 11 is 0. The number of piperazine rings is 1. The molecule has 1 aliphatic heterocycles. The maximum atomic E-state index is 9.15. The summed E-state index contributed by atoms with van der Waals surface area (Å²) in [6.45, 7) is 10.5. The largest absolute Gasteiger partial charge is 0.353 e. The van der Waals surface area contributed by atoms with Crippen LogP contribution >= 0.6 is 0 Å². The van der Waals surface area contributed by atoms with Crippen LogP contribution in [0.2, 0.25) is 0 Å². The Balaban J connectivity index is 2.01. The molecule has 1 aromatic heterocycles. The van der Waals surface area contributed by atoms with Gasteiger partial charge in [-0.2, -0.15) is 5.26 Å². The van der Waals surface area contributed by atoms with E-state index in [9.17, 15) is 0 Å². The van der Waals surface area contributed by atoms with Gasteiger partial charge in [0, 0.05) is 32.7 Å². The lowest BCUT2D eigenvalue weighted by molar-refractivity contribution is 0.157. The van der Waals surface area contributed by atoms with Crippen LogP contribution in [0, 0.1) is 11.3 Å². The lowest BCUT2D eigenvalue weighted by atomic mass is 10.0. The van der Waals surface area contributed by atoms with Crippen LogP contribution in [0.15, 0.2) is 6.20 Å².